The molecule has 0 aromatic heterocycles. The highest BCUT2D eigenvalue weighted by Gasteiger charge is 2.13. The molecule has 0 heterocycles. The molecule has 2 aromatic rings. The number of ether oxygens (including phenoxy) is 1. The fourth-order valence-corrected chi connectivity index (χ4v) is 2.79. The molecule has 4 nitrogen and oxygen atoms in total. The zero-order valence-electron chi connectivity index (χ0n) is 14.1. The maximum atomic E-state index is 12.1. The number of nitriles is 1. The van der Waals surface area contributed by atoms with Crippen molar-refractivity contribution in [1.82, 2.24) is 4.90 Å². The van der Waals surface area contributed by atoms with Gasteiger partial charge in [-0.3, -0.25) is 4.79 Å². The van der Waals surface area contributed by atoms with Crippen molar-refractivity contribution in [3.8, 4) is 11.8 Å². The van der Waals surface area contributed by atoms with Crippen LogP contribution >= 0.6 is 39.1 Å². The second-order valence-corrected chi connectivity index (χ2v) is 7.32. The lowest BCUT2D eigenvalue weighted by Gasteiger charge is -2.12. The topological polar surface area (TPSA) is 53.3 Å². The summed E-state index contributed by atoms with van der Waals surface area (Å²) in [4.78, 5) is 13.4. The predicted molar refractivity (Wildman–Crippen MR) is 107 cm³/mol. The molecule has 7 heteroatoms. The van der Waals surface area contributed by atoms with Crippen LogP contribution in [0.4, 0.5) is 0 Å². The normalized spacial score (nSPS) is 11.0. The van der Waals surface area contributed by atoms with E-state index in [1.807, 2.05) is 18.2 Å². The number of benzene rings is 2. The Labute approximate surface area is 170 Å². The molecule has 2 aromatic carbocycles. The van der Waals surface area contributed by atoms with Gasteiger partial charge in [0.15, 0.2) is 0 Å². The Balaban J connectivity index is 2.31. The number of hydrogen-bond acceptors (Lipinski definition) is 3. The Kier molecular flexibility index (Phi) is 7.10. The van der Waals surface area contributed by atoms with E-state index in [9.17, 15) is 10.1 Å². The Morgan fingerprint density at radius 3 is 2.58 bits per heavy atom. The van der Waals surface area contributed by atoms with Crippen molar-refractivity contribution in [2.75, 3.05) is 14.1 Å². The molecule has 0 fully saturated rings. The number of halogens is 3. The molecule has 0 saturated carbocycles. The molecule has 0 aliphatic carbocycles. The van der Waals surface area contributed by atoms with Crippen LogP contribution in [0.1, 0.15) is 11.1 Å². The Hall–Kier alpha value is -2.00. The lowest BCUT2D eigenvalue weighted by molar-refractivity contribution is -0.124. The summed E-state index contributed by atoms with van der Waals surface area (Å²) >= 11 is 15.3. The van der Waals surface area contributed by atoms with Gasteiger partial charge in [-0.05, 0) is 42.0 Å². The van der Waals surface area contributed by atoms with Gasteiger partial charge in [0.25, 0.3) is 5.91 Å². The first-order valence-electron chi connectivity index (χ1n) is 7.51. The summed E-state index contributed by atoms with van der Waals surface area (Å²) in [5.74, 6) is 0.168. The summed E-state index contributed by atoms with van der Waals surface area (Å²) < 4.78 is 6.66. The van der Waals surface area contributed by atoms with Crippen molar-refractivity contribution in [1.29, 1.82) is 5.26 Å². The van der Waals surface area contributed by atoms with Crippen LogP contribution < -0.4 is 4.74 Å². The van der Waals surface area contributed by atoms with Gasteiger partial charge in [-0.1, -0.05) is 45.2 Å². The summed E-state index contributed by atoms with van der Waals surface area (Å²) in [6.45, 7) is 0.267. The number of carbonyl (C=O) groups excluding carboxylic acids is 1. The van der Waals surface area contributed by atoms with Crippen molar-refractivity contribution in [3.63, 3.8) is 0 Å². The third kappa shape index (κ3) is 5.25. The van der Waals surface area contributed by atoms with Crippen LogP contribution in [-0.4, -0.2) is 24.9 Å². The van der Waals surface area contributed by atoms with E-state index in [0.717, 1.165) is 10.0 Å². The van der Waals surface area contributed by atoms with Gasteiger partial charge in [0.1, 0.15) is 24.0 Å². The quantitative estimate of drug-likeness (QED) is 0.454. The number of amides is 1. The Bertz CT molecular complexity index is 905. The van der Waals surface area contributed by atoms with Crippen molar-refractivity contribution in [2.45, 2.75) is 6.61 Å². The minimum atomic E-state index is -0.372. The first kappa shape index (κ1) is 20.3. The molecule has 26 heavy (non-hydrogen) atoms. The van der Waals surface area contributed by atoms with Gasteiger partial charge in [0.05, 0.1) is 10.0 Å². The summed E-state index contributed by atoms with van der Waals surface area (Å²) in [6, 6.07) is 12.6. The maximum Gasteiger partial charge on any atom is 0.264 e. The molecule has 1 amide bonds. The molecule has 0 atom stereocenters. The monoisotopic (exact) mass is 452 g/mol. The third-order valence-corrected chi connectivity index (χ3v) is 4.64. The van der Waals surface area contributed by atoms with Crippen LogP contribution in [0.5, 0.6) is 5.75 Å². The molecular weight excluding hydrogens is 439 g/mol. The van der Waals surface area contributed by atoms with Crippen LogP contribution in [0, 0.1) is 11.3 Å². The minimum Gasteiger partial charge on any atom is -0.488 e. The summed E-state index contributed by atoms with van der Waals surface area (Å²) in [5.41, 5.74) is 1.49. The summed E-state index contributed by atoms with van der Waals surface area (Å²) in [5, 5.41) is 10.2. The Morgan fingerprint density at radius 2 is 1.96 bits per heavy atom. The van der Waals surface area contributed by atoms with Crippen molar-refractivity contribution < 1.29 is 9.53 Å². The van der Waals surface area contributed by atoms with E-state index in [2.05, 4.69) is 15.9 Å². The fraction of sp³-hybridized carbons (Fsp3) is 0.158. The third-order valence-electron chi connectivity index (χ3n) is 3.41. The van der Waals surface area contributed by atoms with E-state index in [0.29, 0.717) is 21.4 Å². The average molecular weight is 454 g/mol. The van der Waals surface area contributed by atoms with E-state index >= 15 is 0 Å². The van der Waals surface area contributed by atoms with Crippen LogP contribution in [0.25, 0.3) is 6.08 Å². The zero-order chi connectivity index (χ0) is 19.3. The van der Waals surface area contributed by atoms with Gasteiger partial charge in [-0.15, -0.1) is 0 Å². The maximum absolute atomic E-state index is 12.1. The molecule has 0 N–H and O–H groups in total. The second kappa shape index (κ2) is 9.09. The van der Waals surface area contributed by atoms with Crippen molar-refractivity contribution >= 4 is 51.1 Å². The lowest BCUT2D eigenvalue weighted by Crippen LogP contribution is -2.22. The van der Waals surface area contributed by atoms with Gasteiger partial charge in [-0.25, -0.2) is 0 Å². The first-order chi connectivity index (χ1) is 12.3. The van der Waals surface area contributed by atoms with Gasteiger partial charge < -0.3 is 9.64 Å². The second-order valence-electron chi connectivity index (χ2n) is 5.59. The SMILES string of the molecule is CN(C)C(=O)/C(C#N)=C\c1cc(Br)ccc1OCc1ccc(Cl)c(Cl)c1. The van der Waals surface area contributed by atoms with Gasteiger partial charge in [-0.2, -0.15) is 5.26 Å². The lowest BCUT2D eigenvalue weighted by atomic mass is 10.1. The molecule has 2 rings (SSSR count). The number of likely N-dealkylation sites (N-methyl/N-ethyl adjacent to an activating group) is 1. The van der Waals surface area contributed by atoms with Crippen molar-refractivity contribution in [2.24, 2.45) is 0 Å². The van der Waals surface area contributed by atoms with E-state index < -0.39 is 0 Å². The standard InChI is InChI=1S/C19H15BrCl2N2O2/c1-24(2)19(25)14(10-23)8-13-9-15(20)4-6-18(13)26-11-12-3-5-16(21)17(22)7-12/h3-9H,11H2,1-2H3/b14-8-. The first-order valence-corrected chi connectivity index (χ1v) is 9.06. The minimum absolute atomic E-state index is 0.0208. The van der Waals surface area contributed by atoms with Crippen LogP contribution in [0.2, 0.25) is 10.0 Å². The number of nitrogens with zero attached hydrogens (tertiary/aromatic N) is 2. The zero-order valence-corrected chi connectivity index (χ0v) is 17.2. The van der Waals surface area contributed by atoms with Crippen LogP contribution in [0.15, 0.2) is 46.4 Å². The predicted octanol–water partition coefficient (Wildman–Crippen LogP) is 5.33. The molecule has 0 aliphatic heterocycles. The largest absolute Gasteiger partial charge is 0.488 e. The van der Waals surface area contributed by atoms with E-state index in [4.69, 9.17) is 27.9 Å². The van der Waals surface area contributed by atoms with E-state index in [-0.39, 0.29) is 18.1 Å². The number of rotatable bonds is 5. The number of hydrogen-bond donors (Lipinski definition) is 0. The highest BCUT2D eigenvalue weighted by molar-refractivity contribution is 9.10. The summed E-state index contributed by atoms with van der Waals surface area (Å²) in [6.07, 6.45) is 1.51. The molecule has 134 valence electrons. The molecular formula is C19H15BrCl2N2O2. The van der Waals surface area contributed by atoms with E-state index in [1.54, 1.807) is 38.4 Å². The van der Waals surface area contributed by atoms with Crippen LogP contribution in [0.3, 0.4) is 0 Å². The molecule has 0 spiro atoms. The summed E-state index contributed by atoms with van der Waals surface area (Å²) in [7, 11) is 3.19. The highest BCUT2D eigenvalue weighted by Crippen LogP contribution is 2.28. The van der Waals surface area contributed by atoms with Gasteiger partial charge >= 0.3 is 0 Å². The van der Waals surface area contributed by atoms with Gasteiger partial charge in [0.2, 0.25) is 0 Å². The molecule has 0 radical (unpaired) electrons. The smallest absolute Gasteiger partial charge is 0.264 e. The van der Waals surface area contributed by atoms with E-state index in [1.165, 1.54) is 11.0 Å². The molecule has 0 aliphatic rings. The van der Waals surface area contributed by atoms with Crippen molar-refractivity contribution in [3.05, 3.63) is 67.6 Å². The Morgan fingerprint density at radius 1 is 1.23 bits per heavy atom. The number of carbonyl (C=O) groups is 1. The van der Waals surface area contributed by atoms with Crippen LogP contribution in [-0.2, 0) is 11.4 Å². The fourth-order valence-electron chi connectivity index (χ4n) is 2.09. The highest BCUT2D eigenvalue weighted by atomic mass is 79.9. The molecule has 0 bridgehead atoms. The average Bonchev–Trinajstić information content (AvgIpc) is 2.61. The van der Waals surface area contributed by atoms with Gasteiger partial charge in [0, 0.05) is 24.1 Å². The molecule has 0 saturated heterocycles. The molecule has 0 unspecified atom stereocenters.